The van der Waals surface area contributed by atoms with E-state index in [4.69, 9.17) is 0 Å². The van der Waals surface area contributed by atoms with Crippen molar-refractivity contribution in [3.05, 3.63) is 22.9 Å². The van der Waals surface area contributed by atoms with Gasteiger partial charge in [-0.25, -0.2) is 4.79 Å². The van der Waals surface area contributed by atoms with E-state index < -0.39 is 0 Å². The monoisotopic (exact) mass is 209 g/mol. The van der Waals surface area contributed by atoms with Gasteiger partial charge in [-0.1, -0.05) is 0 Å². The number of imidazole rings is 1. The second-order valence-corrected chi connectivity index (χ2v) is 4.32. The van der Waals surface area contributed by atoms with Crippen molar-refractivity contribution < 1.29 is 0 Å². The molecule has 4 nitrogen and oxygen atoms in total. The molecule has 0 radical (unpaired) electrons. The third-order valence-electron chi connectivity index (χ3n) is 3.13. The second-order valence-electron chi connectivity index (χ2n) is 4.32. The van der Waals surface area contributed by atoms with Crippen LogP contribution in [0.15, 0.2) is 17.2 Å². The molecule has 1 aliphatic rings. The van der Waals surface area contributed by atoms with Gasteiger partial charge < -0.3 is 9.88 Å². The fourth-order valence-electron chi connectivity index (χ4n) is 2.19. The summed E-state index contributed by atoms with van der Waals surface area (Å²) in [6.07, 6.45) is 8.54. The third kappa shape index (κ3) is 2.50. The van der Waals surface area contributed by atoms with E-state index in [1.54, 1.807) is 16.2 Å². The average molecular weight is 209 g/mol. The highest BCUT2D eigenvalue weighted by atomic mass is 16.1. The van der Waals surface area contributed by atoms with E-state index in [0.717, 1.165) is 19.5 Å². The first-order valence-corrected chi connectivity index (χ1v) is 5.72. The largest absolute Gasteiger partial charge is 0.327 e. The number of aromatic nitrogens is 2. The Kier molecular flexibility index (Phi) is 3.26. The molecule has 0 aromatic carbocycles. The van der Waals surface area contributed by atoms with Gasteiger partial charge in [0, 0.05) is 32.0 Å². The highest BCUT2D eigenvalue weighted by Gasteiger charge is 2.13. The van der Waals surface area contributed by atoms with Crippen LogP contribution in [-0.4, -0.2) is 21.7 Å². The van der Waals surface area contributed by atoms with Crippen molar-refractivity contribution >= 4 is 0 Å². The Hall–Kier alpha value is -1.03. The lowest BCUT2D eigenvalue weighted by Crippen LogP contribution is -2.24. The molecular weight excluding hydrogens is 190 g/mol. The molecule has 0 spiro atoms. The summed E-state index contributed by atoms with van der Waals surface area (Å²) < 4.78 is 3.41. The Morgan fingerprint density at radius 2 is 2.40 bits per heavy atom. The predicted octanol–water partition coefficient (Wildman–Crippen LogP) is 0.719. The van der Waals surface area contributed by atoms with Crippen LogP contribution in [0.5, 0.6) is 0 Å². The Morgan fingerprint density at radius 3 is 3.00 bits per heavy atom. The molecule has 1 N–H and O–H groups in total. The minimum absolute atomic E-state index is 0.0920. The van der Waals surface area contributed by atoms with Crippen LogP contribution in [0.25, 0.3) is 0 Å². The van der Waals surface area contributed by atoms with Crippen molar-refractivity contribution in [2.24, 2.45) is 7.05 Å². The quantitative estimate of drug-likeness (QED) is 0.793. The van der Waals surface area contributed by atoms with Crippen molar-refractivity contribution in [2.75, 3.05) is 6.54 Å². The molecule has 15 heavy (non-hydrogen) atoms. The fraction of sp³-hybridized carbons (Fsp3) is 0.727. The first-order chi connectivity index (χ1) is 7.27. The molecule has 1 unspecified atom stereocenters. The summed E-state index contributed by atoms with van der Waals surface area (Å²) >= 11 is 0. The molecule has 1 aromatic heterocycles. The summed E-state index contributed by atoms with van der Waals surface area (Å²) in [5.74, 6) is 0. The van der Waals surface area contributed by atoms with Crippen molar-refractivity contribution in [2.45, 2.75) is 38.3 Å². The van der Waals surface area contributed by atoms with Crippen molar-refractivity contribution in [3.63, 3.8) is 0 Å². The van der Waals surface area contributed by atoms with Crippen molar-refractivity contribution in [1.29, 1.82) is 0 Å². The van der Waals surface area contributed by atoms with Crippen molar-refractivity contribution in [3.8, 4) is 0 Å². The first kappa shape index (κ1) is 10.5. The molecule has 1 aliphatic heterocycles. The number of hydrogen-bond donors (Lipinski definition) is 1. The summed E-state index contributed by atoms with van der Waals surface area (Å²) in [6.45, 7) is 2.01. The molecular formula is C11H19N3O. The molecule has 1 fully saturated rings. The van der Waals surface area contributed by atoms with Gasteiger partial charge in [0.1, 0.15) is 0 Å². The van der Waals surface area contributed by atoms with E-state index in [0.29, 0.717) is 6.04 Å². The maximum absolute atomic E-state index is 11.5. The van der Waals surface area contributed by atoms with Crippen molar-refractivity contribution in [1.82, 2.24) is 14.5 Å². The Labute approximate surface area is 89.9 Å². The molecule has 1 saturated heterocycles. The summed E-state index contributed by atoms with van der Waals surface area (Å²) in [5, 5.41) is 3.47. The zero-order valence-electron chi connectivity index (χ0n) is 9.28. The molecule has 1 aromatic rings. The molecule has 2 rings (SSSR count). The van der Waals surface area contributed by atoms with Crippen LogP contribution >= 0.6 is 0 Å². The lowest BCUT2D eigenvalue weighted by Gasteiger charge is -2.09. The number of nitrogens with one attached hydrogen (secondary N) is 1. The number of rotatable bonds is 4. The number of hydrogen-bond acceptors (Lipinski definition) is 2. The topological polar surface area (TPSA) is 39.0 Å². The summed E-state index contributed by atoms with van der Waals surface area (Å²) in [4.78, 5) is 11.5. The summed E-state index contributed by atoms with van der Waals surface area (Å²) in [7, 11) is 1.79. The predicted molar refractivity (Wildman–Crippen MR) is 59.9 cm³/mol. The van der Waals surface area contributed by atoms with Crippen LogP contribution in [0.4, 0.5) is 0 Å². The summed E-state index contributed by atoms with van der Waals surface area (Å²) in [5.41, 5.74) is 0.0920. The lowest BCUT2D eigenvalue weighted by molar-refractivity contribution is 0.495. The SMILES string of the molecule is Cn1ccn(CCCC2CCCN2)c1=O. The number of aryl methyl sites for hydroxylation is 2. The molecule has 0 saturated carbocycles. The maximum atomic E-state index is 11.5. The highest BCUT2D eigenvalue weighted by molar-refractivity contribution is 4.80. The normalized spacial score (nSPS) is 21.0. The highest BCUT2D eigenvalue weighted by Crippen LogP contribution is 2.10. The van der Waals surface area contributed by atoms with Crippen LogP contribution in [0.1, 0.15) is 25.7 Å². The minimum atomic E-state index is 0.0920. The van der Waals surface area contributed by atoms with Gasteiger partial charge in [-0.3, -0.25) is 4.57 Å². The minimum Gasteiger partial charge on any atom is -0.314 e. The zero-order chi connectivity index (χ0) is 10.7. The number of nitrogens with zero attached hydrogens (tertiary/aromatic N) is 2. The average Bonchev–Trinajstić information content (AvgIpc) is 2.83. The van der Waals surface area contributed by atoms with E-state index >= 15 is 0 Å². The van der Waals surface area contributed by atoms with Gasteiger partial charge >= 0.3 is 5.69 Å². The van der Waals surface area contributed by atoms with Gasteiger partial charge in [-0.15, -0.1) is 0 Å². The van der Waals surface area contributed by atoms with E-state index in [-0.39, 0.29) is 5.69 Å². The molecule has 0 aliphatic carbocycles. The Bertz CT molecular complexity index is 360. The smallest absolute Gasteiger partial charge is 0.314 e. The first-order valence-electron chi connectivity index (χ1n) is 5.72. The standard InChI is InChI=1S/C11H19N3O/c1-13-8-9-14(11(13)15)7-3-5-10-4-2-6-12-10/h8-10,12H,2-7H2,1H3. The summed E-state index contributed by atoms with van der Waals surface area (Å²) in [6, 6.07) is 0.685. The van der Waals surface area contributed by atoms with Gasteiger partial charge in [0.2, 0.25) is 0 Å². The van der Waals surface area contributed by atoms with Crippen LogP contribution in [0.2, 0.25) is 0 Å². The van der Waals surface area contributed by atoms with Crippen LogP contribution in [0.3, 0.4) is 0 Å². The van der Waals surface area contributed by atoms with Gasteiger partial charge in [0.15, 0.2) is 0 Å². The van der Waals surface area contributed by atoms with Crippen LogP contribution < -0.4 is 11.0 Å². The van der Waals surface area contributed by atoms with Gasteiger partial charge in [0.05, 0.1) is 0 Å². The fourth-order valence-corrected chi connectivity index (χ4v) is 2.19. The van der Waals surface area contributed by atoms with Crippen LogP contribution in [0, 0.1) is 0 Å². The second kappa shape index (κ2) is 4.66. The molecule has 84 valence electrons. The maximum Gasteiger partial charge on any atom is 0.327 e. The van der Waals surface area contributed by atoms with E-state index in [1.165, 1.54) is 19.3 Å². The zero-order valence-corrected chi connectivity index (χ0v) is 9.28. The molecule has 1 atom stereocenters. The van der Waals surface area contributed by atoms with Gasteiger partial charge in [-0.05, 0) is 32.2 Å². The third-order valence-corrected chi connectivity index (χ3v) is 3.13. The molecule has 0 bridgehead atoms. The lowest BCUT2D eigenvalue weighted by atomic mass is 10.1. The molecule has 0 amide bonds. The van der Waals surface area contributed by atoms with Gasteiger partial charge in [-0.2, -0.15) is 0 Å². The van der Waals surface area contributed by atoms with E-state index in [1.807, 2.05) is 12.4 Å². The molecule has 2 heterocycles. The van der Waals surface area contributed by atoms with Gasteiger partial charge in [0.25, 0.3) is 0 Å². The Morgan fingerprint density at radius 1 is 1.53 bits per heavy atom. The molecule has 4 heteroatoms. The Balaban J connectivity index is 1.78. The van der Waals surface area contributed by atoms with Crippen LogP contribution in [-0.2, 0) is 13.6 Å². The van der Waals surface area contributed by atoms with E-state index in [9.17, 15) is 4.79 Å². The van der Waals surface area contributed by atoms with E-state index in [2.05, 4.69) is 5.32 Å².